The van der Waals surface area contributed by atoms with Crippen LogP contribution in [0.5, 0.6) is 0 Å². The topological polar surface area (TPSA) is 87.7 Å². The number of carbonyl (C=O) groups excluding carboxylic acids is 2. The van der Waals surface area contributed by atoms with Crippen molar-refractivity contribution in [3.63, 3.8) is 0 Å². The molecule has 0 bridgehead atoms. The van der Waals surface area contributed by atoms with E-state index >= 15 is 0 Å². The fourth-order valence-electron chi connectivity index (χ4n) is 1.87. The Morgan fingerprint density at radius 1 is 1.41 bits per heavy atom. The fourth-order valence-corrected chi connectivity index (χ4v) is 1.87. The molecule has 1 aliphatic heterocycles. The van der Waals surface area contributed by atoms with Crippen LogP contribution in [0.1, 0.15) is 33.6 Å². The predicted molar refractivity (Wildman–Crippen MR) is 61.0 cm³/mol. The van der Waals surface area contributed by atoms with Gasteiger partial charge in [0.1, 0.15) is 0 Å². The zero-order valence-electron chi connectivity index (χ0n) is 10.4. The minimum atomic E-state index is -0.718. The van der Waals surface area contributed by atoms with Gasteiger partial charge in [0.05, 0.1) is 18.2 Å². The van der Waals surface area contributed by atoms with Crippen molar-refractivity contribution < 1.29 is 19.4 Å². The van der Waals surface area contributed by atoms with E-state index in [0.29, 0.717) is 12.8 Å². The summed E-state index contributed by atoms with van der Waals surface area (Å²) in [5.41, 5.74) is 0. The van der Waals surface area contributed by atoms with Crippen molar-refractivity contribution in [3.8, 4) is 0 Å². The highest BCUT2D eigenvalue weighted by Crippen LogP contribution is 2.18. The molecule has 1 rings (SSSR count). The zero-order valence-corrected chi connectivity index (χ0v) is 10.4. The molecule has 3 N–H and O–H groups in total. The Morgan fingerprint density at radius 3 is 2.59 bits per heavy atom. The minimum absolute atomic E-state index is 0.155. The number of aliphatic hydroxyl groups is 1. The SMILES string of the molecule is CCC(=O)N[C@@H]1O[C@H](C)C[C@H](O)[C@H]1NC(C)=O. The minimum Gasteiger partial charge on any atom is -0.391 e. The van der Waals surface area contributed by atoms with Crippen molar-refractivity contribution in [2.24, 2.45) is 0 Å². The van der Waals surface area contributed by atoms with Crippen LogP contribution in [0, 0.1) is 0 Å². The van der Waals surface area contributed by atoms with Gasteiger partial charge in [-0.25, -0.2) is 0 Å². The van der Waals surface area contributed by atoms with Crippen LogP contribution in [-0.4, -0.2) is 41.4 Å². The number of rotatable bonds is 3. The Hall–Kier alpha value is -1.14. The monoisotopic (exact) mass is 244 g/mol. The third-order valence-electron chi connectivity index (χ3n) is 2.69. The Morgan fingerprint density at radius 2 is 2.06 bits per heavy atom. The quantitative estimate of drug-likeness (QED) is 0.625. The maximum absolute atomic E-state index is 11.3. The summed E-state index contributed by atoms with van der Waals surface area (Å²) in [7, 11) is 0. The van der Waals surface area contributed by atoms with Crippen LogP contribution in [0.4, 0.5) is 0 Å². The molecule has 0 radical (unpaired) electrons. The molecule has 1 saturated heterocycles. The maximum atomic E-state index is 11.3. The van der Waals surface area contributed by atoms with Crippen LogP contribution >= 0.6 is 0 Å². The second-order valence-electron chi connectivity index (χ2n) is 4.32. The van der Waals surface area contributed by atoms with Crippen molar-refractivity contribution >= 4 is 11.8 Å². The van der Waals surface area contributed by atoms with E-state index < -0.39 is 18.4 Å². The highest BCUT2D eigenvalue weighted by atomic mass is 16.5. The number of amides is 2. The third-order valence-corrected chi connectivity index (χ3v) is 2.69. The Labute approximate surface area is 101 Å². The molecular formula is C11H20N2O4. The molecule has 1 fully saturated rings. The molecule has 0 spiro atoms. The number of carbonyl (C=O) groups is 2. The Balaban J connectivity index is 2.71. The van der Waals surface area contributed by atoms with Crippen molar-refractivity contribution in [1.82, 2.24) is 10.6 Å². The van der Waals surface area contributed by atoms with Gasteiger partial charge in [-0.3, -0.25) is 9.59 Å². The molecule has 0 aromatic carbocycles. The Bertz CT molecular complexity index is 295. The standard InChI is InChI=1S/C11H20N2O4/c1-4-9(16)13-11-10(12-7(3)14)8(15)5-6(2)17-11/h6,8,10-11,15H,4-5H2,1-3H3,(H,12,14)(H,13,16)/t6-,8+,10-,11-/m1/s1. The lowest BCUT2D eigenvalue weighted by Gasteiger charge is -2.39. The molecule has 6 heteroatoms. The van der Waals surface area contributed by atoms with E-state index in [2.05, 4.69) is 10.6 Å². The van der Waals surface area contributed by atoms with E-state index in [1.54, 1.807) is 6.92 Å². The first-order valence-electron chi connectivity index (χ1n) is 5.84. The van der Waals surface area contributed by atoms with Crippen LogP contribution < -0.4 is 10.6 Å². The van der Waals surface area contributed by atoms with Gasteiger partial charge in [0.2, 0.25) is 11.8 Å². The smallest absolute Gasteiger partial charge is 0.221 e. The molecule has 2 amide bonds. The van der Waals surface area contributed by atoms with E-state index in [1.807, 2.05) is 6.92 Å². The van der Waals surface area contributed by atoms with Crippen molar-refractivity contribution in [3.05, 3.63) is 0 Å². The number of hydrogen-bond donors (Lipinski definition) is 3. The number of ether oxygens (including phenoxy) is 1. The molecule has 0 unspecified atom stereocenters. The lowest BCUT2D eigenvalue weighted by molar-refractivity contribution is -0.148. The van der Waals surface area contributed by atoms with Crippen LogP contribution in [0.15, 0.2) is 0 Å². The maximum Gasteiger partial charge on any atom is 0.221 e. The summed E-state index contributed by atoms with van der Waals surface area (Å²) in [6.07, 6.45) is -0.785. The largest absolute Gasteiger partial charge is 0.391 e. The van der Waals surface area contributed by atoms with Gasteiger partial charge in [-0.1, -0.05) is 6.92 Å². The normalized spacial score (nSPS) is 32.9. The van der Waals surface area contributed by atoms with Crippen molar-refractivity contribution in [1.29, 1.82) is 0 Å². The lowest BCUT2D eigenvalue weighted by Crippen LogP contribution is -2.62. The van der Waals surface area contributed by atoms with E-state index in [-0.39, 0.29) is 17.9 Å². The van der Waals surface area contributed by atoms with Crippen LogP contribution in [0.2, 0.25) is 0 Å². The van der Waals surface area contributed by atoms with Gasteiger partial charge in [-0.2, -0.15) is 0 Å². The number of aliphatic hydroxyl groups excluding tert-OH is 1. The number of nitrogens with one attached hydrogen (secondary N) is 2. The van der Waals surface area contributed by atoms with Gasteiger partial charge in [0, 0.05) is 19.8 Å². The van der Waals surface area contributed by atoms with Crippen LogP contribution in [-0.2, 0) is 14.3 Å². The molecule has 0 aromatic rings. The summed E-state index contributed by atoms with van der Waals surface area (Å²) in [6, 6.07) is -0.598. The van der Waals surface area contributed by atoms with Gasteiger partial charge < -0.3 is 20.5 Å². The van der Waals surface area contributed by atoms with Gasteiger partial charge in [0.15, 0.2) is 6.23 Å². The highest BCUT2D eigenvalue weighted by Gasteiger charge is 2.37. The molecular weight excluding hydrogens is 224 g/mol. The third kappa shape index (κ3) is 3.98. The molecule has 0 aromatic heterocycles. The molecule has 0 aliphatic carbocycles. The van der Waals surface area contributed by atoms with E-state index in [1.165, 1.54) is 6.92 Å². The molecule has 6 nitrogen and oxygen atoms in total. The summed E-state index contributed by atoms with van der Waals surface area (Å²) in [6.45, 7) is 4.91. The molecule has 17 heavy (non-hydrogen) atoms. The van der Waals surface area contributed by atoms with Crippen LogP contribution in [0.3, 0.4) is 0 Å². The molecule has 0 saturated carbocycles. The fraction of sp³-hybridized carbons (Fsp3) is 0.818. The molecule has 1 heterocycles. The highest BCUT2D eigenvalue weighted by molar-refractivity contribution is 5.76. The van der Waals surface area contributed by atoms with Crippen LogP contribution in [0.25, 0.3) is 0 Å². The zero-order chi connectivity index (χ0) is 13.0. The lowest BCUT2D eigenvalue weighted by atomic mass is 9.99. The second kappa shape index (κ2) is 5.97. The molecule has 1 aliphatic rings. The summed E-state index contributed by atoms with van der Waals surface area (Å²) < 4.78 is 5.54. The molecule has 98 valence electrons. The summed E-state index contributed by atoms with van der Waals surface area (Å²) in [5, 5.41) is 15.2. The van der Waals surface area contributed by atoms with Gasteiger partial charge in [0.25, 0.3) is 0 Å². The Kier molecular flexibility index (Phi) is 4.89. The van der Waals surface area contributed by atoms with Gasteiger partial charge in [-0.05, 0) is 6.92 Å². The van der Waals surface area contributed by atoms with E-state index in [9.17, 15) is 14.7 Å². The second-order valence-corrected chi connectivity index (χ2v) is 4.32. The van der Waals surface area contributed by atoms with E-state index in [4.69, 9.17) is 4.74 Å². The first kappa shape index (κ1) is 13.9. The first-order chi connectivity index (χ1) is 7.93. The van der Waals surface area contributed by atoms with E-state index in [0.717, 1.165) is 0 Å². The van der Waals surface area contributed by atoms with Crippen molar-refractivity contribution in [2.75, 3.05) is 0 Å². The first-order valence-corrected chi connectivity index (χ1v) is 5.84. The summed E-state index contributed by atoms with van der Waals surface area (Å²) >= 11 is 0. The number of hydrogen-bond acceptors (Lipinski definition) is 4. The van der Waals surface area contributed by atoms with Gasteiger partial charge >= 0.3 is 0 Å². The van der Waals surface area contributed by atoms with Gasteiger partial charge in [-0.15, -0.1) is 0 Å². The molecule has 4 atom stereocenters. The average molecular weight is 244 g/mol. The summed E-state index contributed by atoms with van der Waals surface area (Å²) in [4.78, 5) is 22.4. The summed E-state index contributed by atoms with van der Waals surface area (Å²) in [5.74, 6) is -0.436. The van der Waals surface area contributed by atoms with Crippen molar-refractivity contribution in [2.45, 2.75) is 58.1 Å². The predicted octanol–water partition coefficient (Wildman–Crippen LogP) is -0.487. The average Bonchev–Trinajstić information content (AvgIpc) is 2.22.